The summed E-state index contributed by atoms with van der Waals surface area (Å²) >= 11 is 0. The lowest BCUT2D eigenvalue weighted by molar-refractivity contribution is 0.199. The Labute approximate surface area is 118 Å². The second kappa shape index (κ2) is 7.62. The van der Waals surface area contributed by atoms with Crippen LogP contribution in [0.15, 0.2) is 29.1 Å². The van der Waals surface area contributed by atoms with E-state index in [1.807, 2.05) is 12.1 Å². The van der Waals surface area contributed by atoms with Crippen LogP contribution in [-0.4, -0.2) is 30.4 Å². The lowest BCUT2D eigenvalue weighted by Gasteiger charge is -2.12. The number of nitrogens with one attached hydrogen (secondary N) is 1. The third kappa shape index (κ3) is 4.32. The number of aromatic nitrogens is 2. The molecule has 0 aliphatic carbocycles. The van der Waals surface area contributed by atoms with Gasteiger partial charge in [-0.2, -0.15) is 4.98 Å². The second-order valence-electron chi connectivity index (χ2n) is 4.42. The predicted molar refractivity (Wildman–Crippen MR) is 73.4 cm³/mol. The predicted octanol–water partition coefficient (Wildman–Crippen LogP) is 1.69. The molecule has 0 saturated heterocycles. The third-order valence-corrected chi connectivity index (χ3v) is 2.78. The molecule has 1 aromatic carbocycles. The van der Waals surface area contributed by atoms with Crippen molar-refractivity contribution in [3.8, 4) is 5.75 Å². The summed E-state index contributed by atoms with van der Waals surface area (Å²) in [7, 11) is 1.69. The van der Waals surface area contributed by atoms with Gasteiger partial charge in [-0.3, -0.25) is 0 Å². The van der Waals surface area contributed by atoms with Gasteiger partial charge in [0.1, 0.15) is 5.75 Å². The van der Waals surface area contributed by atoms with E-state index < -0.39 is 0 Å². The van der Waals surface area contributed by atoms with Gasteiger partial charge in [-0.25, -0.2) is 0 Å². The molecule has 0 aliphatic heterocycles. The average molecular weight is 277 g/mol. The Hall–Kier alpha value is -1.92. The molecule has 0 unspecified atom stereocenters. The van der Waals surface area contributed by atoms with Crippen LogP contribution in [0.4, 0.5) is 0 Å². The molecular weight excluding hydrogens is 258 g/mol. The molecule has 1 heterocycles. The van der Waals surface area contributed by atoms with Gasteiger partial charge in [-0.05, 0) is 13.0 Å². The maximum atomic E-state index is 5.74. The van der Waals surface area contributed by atoms with Crippen molar-refractivity contribution in [3.05, 3.63) is 41.5 Å². The first-order chi connectivity index (χ1) is 9.79. The van der Waals surface area contributed by atoms with Crippen LogP contribution in [0.25, 0.3) is 0 Å². The molecule has 0 atom stereocenters. The van der Waals surface area contributed by atoms with E-state index in [-0.39, 0.29) is 0 Å². The Morgan fingerprint density at radius 3 is 3.00 bits per heavy atom. The number of benzene rings is 1. The quantitative estimate of drug-likeness (QED) is 0.741. The molecule has 0 aliphatic rings. The largest absolute Gasteiger partial charge is 0.485 e. The zero-order chi connectivity index (χ0) is 14.2. The first-order valence-electron chi connectivity index (χ1n) is 6.47. The summed E-state index contributed by atoms with van der Waals surface area (Å²) < 4.78 is 15.4. The molecule has 0 fully saturated rings. The first-order valence-corrected chi connectivity index (χ1v) is 6.47. The molecule has 1 N–H and O–H groups in total. The Morgan fingerprint density at radius 1 is 1.35 bits per heavy atom. The molecule has 0 radical (unpaired) electrons. The van der Waals surface area contributed by atoms with Gasteiger partial charge in [0.05, 0.1) is 6.61 Å². The SMILES string of the molecule is COCCNCc1cc(C)ccc1OCc1ncon1. The molecule has 2 aromatic rings. The van der Waals surface area contributed by atoms with E-state index in [1.54, 1.807) is 7.11 Å². The fourth-order valence-electron chi connectivity index (χ4n) is 1.78. The normalized spacial score (nSPS) is 10.7. The molecule has 108 valence electrons. The Morgan fingerprint density at radius 2 is 2.25 bits per heavy atom. The molecule has 0 saturated carbocycles. The number of aryl methyl sites for hydroxylation is 1. The highest BCUT2D eigenvalue weighted by Crippen LogP contribution is 2.20. The van der Waals surface area contributed by atoms with Crippen LogP contribution in [0.5, 0.6) is 5.75 Å². The highest BCUT2D eigenvalue weighted by Gasteiger charge is 2.06. The Kier molecular flexibility index (Phi) is 5.52. The fourth-order valence-corrected chi connectivity index (χ4v) is 1.78. The maximum absolute atomic E-state index is 5.74. The molecule has 0 amide bonds. The summed E-state index contributed by atoms with van der Waals surface area (Å²) in [4.78, 5) is 3.93. The number of rotatable bonds is 8. The van der Waals surface area contributed by atoms with E-state index in [9.17, 15) is 0 Å². The molecule has 20 heavy (non-hydrogen) atoms. The van der Waals surface area contributed by atoms with Crippen LogP contribution >= 0.6 is 0 Å². The smallest absolute Gasteiger partial charge is 0.213 e. The van der Waals surface area contributed by atoms with Gasteiger partial charge in [0, 0.05) is 25.8 Å². The highest BCUT2D eigenvalue weighted by molar-refractivity contribution is 5.36. The van der Waals surface area contributed by atoms with Gasteiger partial charge in [0.15, 0.2) is 6.61 Å². The summed E-state index contributed by atoms with van der Waals surface area (Å²) in [5.41, 5.74) is 2.30. The molecule has 0 spiro atoms. The molecule has 1 aromatic heterocycles. The number of ether oxygens (including phenoxy) is 2. The minimum Gasteiger partial charge on any atom is -0.485 e. The summed E-state index contributed by atoms with van der Waals surface area (Å²) in [6.07, 6.45) is 1.29. The highest BCUT2D eigenvalue weighted by atomic mass is 16.5. The summed E-state index contributed by atoms with van der Waals surface area (Å²) in [6, 6.07) is 6.08. The summed E-state index contributed by atoms with van der Waals surface area (Å²) in [6.45, 7) is 4.57. The van der Waals surface area contributed by atoms with Crippen molar-refractivity contribution >= 4 is 0 Å². The monoisotopic (exact) mass is 277 g/mol. The third-order valence-electron chi connectivity index (χ3n) is 2.78. The minimum absolute atomic E-state index is 0.296. The Balaban J connectivity index is 1.95. The van der Waals surface area contributed by atoms with E-state index >= 15 is 0 Å². The number of hydrogen-bond acceptors (Lipinski definition) is 6. The van der Waals surface area contributed by atoms with Crippen molar-refractivity contribution in [1.82, 2.24) is 15.5 Å². The lowest BCUT2D eigenvalue weighted by Crippen LogP contribution is -2.19. The molecule has 6 nitrogen and oxygen atoms in total. The molecular formula is C14H19N3O3. The van der Waals surface area contributed by atoms with Gasteiger partial charge in [-0.15, -0.1) is 0 Å². The van der Waals surface area contributed by atoms with E-state index in [4.69, 9.17) is 9.47 Å². The van der Waals surface area contributed by atoms with Gasteiger partial charge in [0.25, 0.3) is 0 Å². The van der Waals surface area contributed by atoms with E-state index in [0.717, 1.165) is 24.4 Å². The topological polar surface area (TPSA) is 69.4 Å². The van der Waals surface area contributed by atoms with Crippen molar-refractivity contribution in [2.75, 3.05) is 20.3 Å². The van der Waals surface area contributed by atoms with Gasteiger partial charge in [0.2, 0.25) is 12.2 Å². The summed E-state index contributed by atoms with van der Waals surface area (Å²) in [5.74, 6) is 1.36. The van der Waals surface area contributed by atoms with Crippen LogP contribution in [0.1, 0.15) is 17.0 Å². The zero-order valence-corrected chi connectivity index (χ0v) is 11.8. The lowest BCUT2D eigenvalue weighted by atomic mass is 10.1. The van der Waals surface area contributed by atoms with Gasteiger partial charge in [-0.1, -0.05) is 22.9 Å². The number of hydrogen-bond donors (Lipinski definition) is 1. The van der Waals surface area contributed by atoms with Crippen LogP contribution in [0, 0.1) is 6.92 Å². The Bertz CT molecular complexity index is 514. The van der Waals surface area contributed by atoms with Crippen molar-refractivity contribution in [2.45, 2.75) is 20.1 Å². The molecule has 2 rings (SSSR count). The van der Waals surface area contributed by atoms with E-state index in [2.05, 4.69) is 33.0 Å². The molecule has 0 bridgehead atoms. The van der Waals surface area contributed by atoms with Crippen molar-refractivity contribution in [2.24, 2.45) is 0 Å². The maximum Gasteiger partial charge on any atom is 0.213 e. The first kappa shape index (κ1) is 14.5. The zero-order valence-electron chi connectivity index (χ0n) is 11.8. The second-order valence-corrected chi connectivity index (χ2v) is 4.42. The molecule has 6 heteroatoms. The van der Waals surface area contributed by atoms with E-state index in [0.29, 0.717) is 19.0 Å². The van der Waals surface area contributed by atoms with E-state index in [1.165, 1.54) is 12.0 Å². The number of nitrogens with zero attached hydrogens (tertiary/aromatic N) is 2. The van der Waals surface area contributed by atoms with Crippen LogP contribution in [0.3, 0.4) is 0 Å². The number of methoxy groups -OCH3 is 1. The van der Waals surface area contributed by atoms with Crippen molar-refractivity contribution in [3.63, 3.8) is 0 Å². The van der Waals surface area contributed by atoms with Crippen LogP contribution in [-0.2, 0) is 17.9 Å². The fraction of sp³-hybridized carbons (Fsp3) is 0.429. The van der Waals surface area contributed by atoms with Crippen molar-refractivity contribution in [1.29, 1.82) is 0 Å². The minimum atomic E-state index is 0.296. The average Bonchev–Trinajstić information content (AvgIpc) is 2.96. The van der Waals surface area contributed by atoms with Crippen LogP contribution in [0.2, 0.25) is 0 Å². The summed E-state index contributed by atoms with van der Waals surface area (Å²) in [5, 5.41) is 7.03. The van der Waals surface area contributed by atoms with Gasteiger partial charge >= 0.3 is 0 Å². The van der Waals surface area contributed by atoms with Crippen molar-refractivity contribution < 1.29 is 14.0 Å². The standard InChI is InChI=1S/C14H19N3O3/c1-11-3-4-13(19-9-14-16-10-20-17-14)12(7-11)8-15-5-6-18-2/h3-4,7,10,15H,5-6,8-9H2,1-2H3. The van der Waals surface area contributed by atoms with Crippen LogP contribution < -0.4 is 10.1 Å². The van der Waals surface area contributed by atoms with Gasteiger partial charge < -0.3 is 19.3 Å².